The van der Waals surface area contributed by atoms with Crippen molar-refractivity contribution in [2.45, 2.75) is 0 Å². The molecule has 0 saturated carbocycles. The Morgan fingerprint density at radius 1 is 0.522 bits per heavy atom. The van der Waals surface area contributed by atoms with Gasteiger partial charge in [0.1, 0.15) is 11.4 Å². The summed E-state index contributed by atoms with van der Waals surface area (Å²) in [7, 11) is 0. The molecule has 0 saturated heterocycles. The quantitative estimate of drug-likeness (QED) is 0.0907. The number of benzene rings is 4. The summed E-state index contributed by atoms with van der Waals surface area (Å²) in [6.07, 6.45) is 2.70. The number of rotatable bonds is 10. The van der Waals surface area contributed by atoms with Crippen LogP contribution in [0.1, 0.15) is 11.1 Å². The maximum Gasteiger partial charge on any atom is 0.301 e. The van der Waals surface area contributed by atoms with Crippen molar-refractivity contribution in [3.63, 3.8) is 0 Å². The van der Waals surface area contributed by atoms with Gasteiger partial charge in [-0.1, -0.05) is 58.5 Å². The Morgan fingerprint density at radius 2 is 0.891 bits per heavy atom. The molecule has 236 valence electrons. The normalized spacial score (nSPS) is 10.7. The molecule has 0 spiro atoms. The number of nitrogens with one attached hydrogen (secondary N) is 2. The average molecular weight is 710 g/mol. The van der Waals surface area contributed by atoms with Crippen LogP contribution >= 0.6 is 46.4 Å². The van der Waals surface area contributed by atoms with Crippen LogP contribution in [0.15, 0.2) is 83.0 Å². The van der Waals surface area contributed by atoms with Crippen LogP contribution in [0.4, 0.5) is 34.1 Å². The molecule has 0 bridgehead atoms. The van der Waals surface area contributed by atoms with E-state index in [2.05, 4.69) is 21.1 Å². The second kappa shape index (κ2) is 16.1. The van der Waals surface area contributed by atoms with E-state index < -0.39 is 31.1 Å². The fourth-order valence-corrected chi connectivity index (χ4v) is 4.23. The number of nitrogens with zero attached hydrogens (tertiary/aromatic N) is 6. The van der Waals surface area contributed by atoms with Gasteiger partial charge in [0.2, 0.25) is 0 Å². The van der Waals surface area contributed by atoms with Crippen molar-refractivity contribution in [2.24, 2.45) is 10.2 Å². The first-order chi connectivity index (χ1) is 21.8. The molecule has 0 aromatic heterocycles. The maximum absolute atomic E-state index is 11.0. The molecule has 0 atom stereocenters. The second-order valence-corrected chi connectivity index (χ2v) is 10.2. The zero-order valence-electron chi connectivity index (χ0n) is 22.5. The van der Waals surface area contributed by atoms with E-state index in [-0.39, 0.29) is 22.7 Å². The molecule has 16 nitrogen and oxygen atoms in total. The molecule has 20 heteroatoms. The lowest BCUT2D eigenvalue weighted by atomic mass is 10.2. The zero-order valence-corrected chi connectivity index (χ0v) is 25.6. The van der Waals surface area contributed by atoms with E-state index >= 15 is 0 Å². The molecule has 0 fully saturated rings. The van der Waals surface area contributed by atoms with Crippen LogP contribution in [-0.2, 0) is 0 Å². The van der Waals surface area contributed by atoms with E-state index in [0.717, 1.165) is 24.3 Å². The van der Waals surface area contributed by atoms with E-state index in [1.165, 1.54) is 36.7 Å². The Kier molecular flexibility index (Phi) is 12.2. The van der Waals surface area contributed by atoms with Gasteiger partial charge in [0.15, 0.2) is 0 Å². The number of halogens is 4. The minimum absolute atomic E-state index is 0.0157. The highest BCUT2D eigenvalue weighted by atomic mass is 35.5. The summed E-state index contributed by atoms with van der Waals surface area (Å²) in [5.74, 6) is 0. The van der Waals surface area contributed by atoms with Crippen molar-refractivity contribution in [1.29, 1.82) is 0 Å². The van der Waals surface area contributed by atoms with Crippen LogP contribution in [-0.4, -0.2) is 32.1 Å². The van der Waals surface area contributed by atoms with Crippen LogP contribution in [0.3, 0.4) is 0 Å². The first kappa shape index (κ1) is 35.1. The van der Waals surface area contributed by atoms with Crippen molar-refractivity contribution < 1.29 is 19.7 Å². The van der Waals surface area contributed by atoms with Gasteiger partial charge < -0.3 is 0 Å². The predicted octanol–water partition coefficient (Wildman–Crippen LogP) is 8.51. The summed E-state index contributed by atoms with van der Waals surface area (Å²) < 4.78 is 0. The van der Waals surface area contributed by atoms with Crippen LogP contribution in [0, 0.1) is 40.5 Å². The zero-order chi connectivity index (χ0) is 34.0. The summed E-state index contributed by atoms with van der Waals surface area (Å²) in [5, 5.41) is 52.6. The lowest BCUT2D eigenvalue weighted by molar-refractivity contribution is -0.393. The number of nitro benzene ring substituents is 4. The lowest BCUT2D eigenvalue weighted by Gasteiger charge is -2.02. The van der Waals surface area contributed by atoms with E-state index in [0.29, 0.717) is 31.2 Å². The van der Waals surface area contributed by atoms with Gasteiger partial charge in [-0.15, -0.1) is 0 Å². The van der Waals surface area contributed by atoms with Gasteiger partial charge >= 0.3 is 11.4 Å². The van der Waals surface area contributed by atoms with Gasteiger partial charge in [-0.25, -0.2) is 0 Å². The molecule has 0 aliphatic rings. The van der Waals surface area contributed by atoms with Crippen LogP contribution in [0.2, 0.25) is 20.1 Å². The molecule has 4 aromatic rings. The first-order valence-electron chi connectivity index (χ1n) is 12.1. The summed E-state index contributed by atoms with van der Waals surface area (Å²) in [5.41, 5.74) is 4.37. The molecule has 0 amide bonds. The minimum Gasteiger partial charge on any atom is -0.272 e. The lowest BCUT2D eigenvalue weighted by Crippen LogP contribution is -1.98. The van der Waals surface area contributed by atoms with Crippen LogP contribution in [0.5, 0.6) is 0 Å². The largest absolute Gasteiger partial charge is 0.301 e. The van der Waals surface area contributed by atoms with E-state index in [4.69, 9.17) is 46.4 Å². The smallest absolute Gasteiger partial charge is 0.272 e. The molecule has 46 heavy (non-hydrogen) atoms. The van der Waals surface area contributed by atoms with Gasteiger partial charge in [-0.3, -0.25) is 51.3 Å². The third-order valence-corrected chi connectivity index (χ3v) is 6.60. The van der Waals surface area contributed by atoms with E-state index in [1.54, 1.807) is 24.3 Å². The van der Waals surface area contributed by atoms with E-state index in [9.17, 15) is 40.5 Å². The SMILES string of the molecule is O=[N+]([O-])c1ccc(N/N=C/c2ccc(Cl)cc2Cl)c([N+](=O)[O-])c1.O=[N+]([O-])c1ccc(N/N=C/c2ccc(Cl)cc2Cl)c([N+](=O)[O-])c1. The highest BCUT2D eigenvalue weighted by Gasteiger charge is 2.20. The van der Waals surface area contributed by atoms with Crippen molar-refractivity contribution in [1.82, 2.24) is 0 Å². The van der Waals surface area contributed by atoms with Gasteiger partial charge in [-0.05, 0) is 36.4 Å². The summed E-state index contributed by atoms with van der Waals surface area (Å²) in [6, 6.07) is 15.9. The Morgan fingerprint density at radius 3 is 1.20 bits per heavy atom. The minimum atomic E-state index is -0.736. The number of hydrazone groups is 2. The molecule has 0 radical (unpaired) electrons. The molecular weight excluding hydrogens is 694 g/mol. The standard InChI is InChI=1S/2C13H8Cl2N4O4/c2*14-9-2-1-8(11(15)5-9)7-16-17-12-4-3-10(18(20)21)6-13(12)19(22)23/h2*1-7,17H/b2*16-7+. The number of hydrogen-bond donors (Lipinski definition) is 2. The van der Waals surface area contributed by atoms with E-state index in [1.807, 2.05) is 0 Å². The molecule has 0 aliphatic heterocycles. The Balaban J connectivity index is 0.000000250. The van der Waals surface area contributed by atoms with Gasteiger partial charge in [-0.2, -0.15) is 10.2 Å². The fourth-order valence-electron chi connectivity index (χ4n) is 3.31. The summed E-state index contributed by atoms with van der Waals surface area (Å²) in [6.45, 7) is 0. The van der Waals surface area contributed by atoms with Gasteiger partial charge in [0.05, 0.1) is 54.3 Å². The fraction of sp³-hybridized carbons (Fsp3) is 0. The molecule has 2 N–H and O–H groups in total. The van der Waals surface area contributed by atoms with Crippen molar-refractivity contribution in [3.8, 4) is 0 Å². The van der Waals surface area contributed by atoms with Crippen LogP contribution < -0.4 is 10.9 Å². The monoisotopic (exact) mass is 708 g/mol. The van der Waals surface area contributed by atoms with Crippen LogP contribution in [0.25, 0.3) is 0 Å². The van der Waals surface area contributed by atoms with Gasteiger partial charge in [0.25, 0.3) is 11.4 Å². The Labute approximate surface area is 277 Å². The third kappa shape index (κ3) is 9.80. The molecule has 0 unspecified atom stereocenters. The number of hydrogen-bond acceptors (Lipinski definition) is 12. The van der Waals surface area contributed by atoms with Gasteiger partial charge in [0, 0.05) is 33.3 Å². The summed E-state index contributed by atoms with van der Waals surface area (Å²) in [4.78, 5) is 40.4. The number of non-ortho nitro benzene ring substituents is 2. The molecular formula is C26H16Cl4N8O8. The highest BCUT2D eigenvalue weighted by Crippen LogP contribution is 2.30. The Hall–Kier alpha value is -5.42. The van der Waals surface area contributed by atoms with Crippen molar-refractivity contribution >= 4 is 93.0 Å². The van der Waals surface area contributed by atoms with Crippen molar-refractivity contribution in [3.05, 3.63) is 144 Å². The highest BCUT2D eigenvalue weighted by molar-refractivity contribution is 6.36. The maximum atomic E-state index is 11.0. The average Bonchev–Trinajstić information content (AvgIpc) is 2.99. The number of nitro groups is 4. The van der Waals surface area contributed by atoms with Crippen molar-refractivity contribution in [2.75, 3.05) is 10.9 Å². The molecule has 0 heterocycles. The topological polar surface area (TPSA) is 221 Å². The first-order valence-corrected chi connectivity index (χ1v) is 13.6. The predicted molar refractivity (Wildman–Crippen MR) is 175 cm³/mol. The molecule has 0 aliphatic carbocycles. The molecule has 4 rings (SSSR count). The number of anilines is 2. The summed E-state index contributed by atoms with van der Waals surface area (Å²) >= 11 is 23.5. The Bertz CT molecular complexity index is 1760. The third-order valence-electron chi connectivity index (χ3n) is 5.48. The molecule has 4 aromatic carbocycles. The second-order valence-electron chi connectivity index (χ2n) is 8.50.